The lowest BCUT2D eigenvalue weighted by Crippen LogP contribution is -2.58. The first-order chi connectivity index (χ1) is 26.4. The highest BCUT2D eigenvalue weighted by molar-refractivity contribution is 7.89. The number of esters is 2. The summed E-state index contributed by atoms with van der Waals surface area (Å²) in [6.07, 6.45) is 3.57. The number of nitrogens with two attached hydrogens (primary N) is 1. The first kappa shape index (κ1) is 43.3. The van der Waals surface area contributed by atoms with Crippen molar-refractivity contribution in [3.8, 4) is 23.0 Å². The van der Waals surface area contributed by atoms with Gasteiger partial charge in [-0.2, -0.15) is 0 Å². The van der Waals surface area contributed by atoms with Crippen molar-refractivity contribution in [1.29, 1.82) is 0 Å². The van der Waals surface area contributed by atoms with Crippen LogP contribution in [0.5, 0.6) is 23.0 Å². The van der Waals surface area contributed by atoms with Gasteiger partial charge in [0.25, 0.3) is 0 Å². The number of methoxy groups -OCH3 is 6. The van der Waals surface area contributed by atoms with Crippen LogP contribution >= 0.6 is 0 Å². The number of benzene rings is 2. The number of carbonyl (C=O) groups is 3. The van der Waals surface area contributed by atoms with E-state index in [-0.39, 0.29) is 35.2 Å². The summed E-state index contributed by atoms with van der Waals surface area (Å²) in [5.74, 6) is 0.566. The van der Waals surface area contributed by atoms with E-state index in [4.69, 9.17) is 43.1 Å². The largest absolute Gasteiger partial charge is 0.497 e. The molecule has 0 unspecified atom stereocenters. The molecule has 2 aliphatic heterocycles. The Kier molecular flexibility index (Phi) is 15.3. The Hall–Kier alpha value is -4.38. The number of fused-ring (bicyclic) bond motifs is 6. The zero-order valence-corrected chi connectivity index (χ0v) is 33.6. The van der Waals surface area contributed by atoms with Crippen molar-refractivity contribution in [3.63, 3.8) is 0 Å². The zero-order valence-electron chi connectivity index (χ0n) is 32.8. The molecule has 1 aromatic heterocycles. The number of unbranched alkanes of at least 4 members (excludes halogenated alkanes) is 2. The summed E-state index contributed by atoms with van der Waals surface area (Å²) in [5, 5.41) is 5.96. The standard InChI is InChI=1S/C33H40N2O9.C5H13NO2S.CH2O/c1-38-19-7-8-20-21-9-10-35-16-18-13-27(44-32(36)17-11-25(39-2)30(41-4)26(12-17)40-3)31(42-5)28(33(37)43-6)22(18)15-24(35)29(21)34-23(20)14-19;1-2-3-4-5-9(6,7)8;1-2/h7-8,11-12,14,18,22,24,27-28,31,34H,9-10,13,15-16H2,1-6H3;2-5H2,1H3,(H2,6,7,8);1H2/t18-,22+,24-,27-,28+,31+;;/m1../s1. The van der Waals surface area contributed by atoms with Crippen molar-refractivity contribution in [1.82, 2.24) is 9.88 Å². The molecule has 0 bridgehead atoms. The third kappa shape index (κ3) is 9.72. The lowest BCUT2D eigenvalue weighted by Gasteiger charge is -2.52. The van der Waals surface area contributed by atoms with Crippen LogP contribution in [0.2, 0.25) is 0 Å². The van der Waals surface area contributed by atoms with Crippen LogP contribution in [0.25, 0.3) is 10.9 Å². The van der Waals surface area contributed by atoms with Gasteiger partial charge in [0.2, 0.25) is 15.8 Å². The number of nitrogens with one attached hydrogen (secondary N) is 1. The van der Waals surface area contributed by atoms with Gasteiger partial charge >= 0.3 is 11.9 Å². The summed E-state index contributed by atoms with van der Waals surface area (Å²) < 4.78 is 59.7. The van der Waals surface area contributed by atoms with Gasteiger partial charge in [-0.05, 0) is 67.3 Å². The fraction of sp³-hybridized carbons (Fsp3) is 0.564. The smallest absolute Gasteiger partial charge is 0.338 e. The molecule has 6 rings (SSSR count). The molecule has 3 aromatic rings. The second-order valence-electron chi connectivity index (χ2n) is 13.8. The lowest BCUT2D eigenvalue weighted by molar-refractivity contribution is -0.176. The third-order valence-corrected chi connectivity index (χ3v) is 11.7. The van der Waals surface area contributed by atoms with Gasteiger partial charge in [0.05, 0.1) is 58.8 Å². The number of rotatable bonds is 12. The van der Waals surface area contributed by atoms with E-state index in [0.717, 1.165) is 50.0 Å². The van der Waals surface area contributed by atoms with Crippen molar-refractivity contribution in [2.24, 2.45) is 22.9 Å². The summed E-state index contributed by atoms with van der Waals surface area (Å²) >= 11 is 0. The molecule has 1 saturated carbocycles. The minimum absolute atomic E-state index is 0.0170. The van der Waals surface area contributed by atoms with E-state index in [1.165, 1.54) is 45.1 Å². The van der Waals surface area contributed by atoms with Gasteiger partial charge in [0.1, 0.15) is 24.7 Å². The number of H-pyrrole nitrogens is 1. The molecule has 3 aliphatic rings. The molecule has 0 spiro atoms. The summed E-state index contributed by atoms with van der Waals surface area (Å²) in [6, 6.07) is 9.40. The fourth-order valence-corrected chi connectivity index (χ4v) is 8.92. The van der Waals surface area contributed by atoms with Gasteiger partial charge < -0.3 is 42.9 Å². The molecule has 1 saturated heterocycles. The number of nitrogens with zero attached hydrogens (tertiary/aromatic N) is 1. The number of aromatic amines is 1. The van der Waals surface area contributed by atoms with Gasteiger partial charge in [0, 0.05) is 42.9 Å². The van der Waals surface area contributed by atoms with E-state index < -0.39 is 34.1 Å². The van der Waals surface area contributed by atoms with Crippen LogP contribution in [0, 0.1) is 17.8 Å². The minimum Gasteiger partial charge on any atom is -0.497 e. The molecule has 1 aliphatic carbocycles. The molecule has 2 fully saturated rings. The van der Waals surface area contributed by atoms with Gasteiger partial charge in [-0.25, -0.2) is 18.4 Å². The Labute approximate surface area is 323 Å². The van der Waals surface area contributed by atoms with Crippen LogP contribution in [0.1, 0.15) is 66.7 Å². The molecule has 15 nitrogen and oxygen atoms in total. The van der Waals surface area contributed by atoms with Crippen molar-refractivity contribution in [3.05, 3.63) is 47.2 Å². The topological polar surface area (TPSA) is 195 Å². The van der Waals surface area contributed by atoms with Crippen LogP contribution < -0.4 is 24.1 Å². The van der Waals surface area contributed by atoms with E-state index in [2.05, 4.69) is 16.0 Å². The normalized spacial score (nSPS) is 22.9. The molecule has 6 atom stereocenters. The van der Waals surface area contributed by atoms with Crippen LogP contribution in [0.4, 0.5) is 0 Å². The highest BCUT2D eigenvalue weighted by Crippen LogP contribution is 2.51. The van der Waals surface area contributed by atoms with Crippen molar-refractivity contribution in [2.45, 2.75) is 63.7 Å². The molecule has 55 heavy (non-hydrogen) atoms. The second-order valence-corrected chi connectivity index (χ2v) is 15.5. The number of sulfonamides is 1. The number of piperidine rings is 1. The maximum absolute atomic E-state index is 13.5. The van der Waals surface area contributed by atoms with Crippen LogP contribution in [0.15, 0.2) is 30.3 Å². The third-order valence-electron chi connectivity index (χ3n) is 10.8. The minimum atomic E-state index is -3.20. The Morgan fingerprint density at radius 3 is 2.20 bits per heavy atom. The van der Waals surface area contributed by atoms with E-state index in [1.54, 1.807) is 26.4 Å². The SMILES string of the molecule is C=O.CCCCCS(N)(=O)=O.COC(=O)[C@H]1[C@H]2C[C@@H]3c4[nH]c5cc(OC)ccc5c4CCN3C[C@H]2C[C@@H](OC(=O)c2cc(OC)c(OC)c(OC)c2)[C@@H]1OC. The number of hydrogen-bond acceptors (Lipinski definition) is 13. The molecular weight excluding hydrogens is 735 g/mol. The van der Waals surface area contributed by atoms with Crippen LogP contribution in [-0.4, -0.2) is 111 Å². The van der Waals surface area contributed by atoms with Crippen LogP contribution in [0.3, 0.4) is 0 Å². The first-order valence-corrected chi connectivity index (χ1v) is 20.0. The predicted octanol–water partition coefficient (Wildman–Crippen LogP) is 4.45. The molecule has 0 radical (unpaired) electrons. The summed E-state index contributed by atoms with van der Waals surface area (Å²) in [4.78, 5) is 41.1. The van der Waals surface area contributed by atoms with Crippen LogP contribution in [-0.2, 0) is 40.2 Å². The maximum atomic E-state index is 13.5. The summed E-state index contributed by atoms with van der Waals surface area (Å²) in [6.45, 7) is 5.70. The van der Waals surface area contributed by atoms with E-state index >= 15 is 0 Å². The molecule has 16 heteroatoms. The number of carbonyl (C=O) groups excluding carboxylic acids is 3. The van der Waals surface area contributed by atoms with Gasteiger partial charge in [-0.15, -0.1) is 0 Å². The van der Waals surface area contributed by atoms with Crippen molar-refractivity contribution >= 4 is 39.7 Å². The van der Waals surface area contributed by atoms with E-state index in [9.17, 15) is 18.0 Å². The highest BCUT2D eigenvalue weighted by Gasteiger charge is 2.54. The number of ether oxygens (including phenoxy) is 7. The molecule has 2 aromatic carbocycles. The van der Waals surface area contributed by atoms with Gasteiger partial charge in [-0.1, -0.05) is 19.8 Å². The summed E-state index contributed by atoms with van der Waals surface area (Å²) in [5.41, 5.74) is 3.83. The quantitative estimate of drug-likeness (QED) is 0.193. The fourth-order valence-electron chi connectivity index (χ4n) is 8.32. The Morgan fingerprint density at radius 2 is 1.64 bits per heavy atom. The van der Waals surface area contributed by atoms with E-state index in [0.29, 0.717) is 30.1 Å². The number of hydrogen-bond donors (Lipinski definition) is 2. The number of aromatic nitrogens is 1. The lowest BCUT2D eigenvalue weighted by atomic mass is 9.63. The molecule has 304 valence electrons. The summed E-state index contributed by atoms with van der Waals surface area (Å²) in [7, 11) is 5.90. The second kappa shape index (κ2) is 19.5. The molecule has 3 heterocycles. The Balaban J connectivity index is 0.000000539. The maximum Gasteiger partial charge on any atom is 0.338 e. The Bertz CT molecular complexity index is 1860. The average molecular weight is 790 g/mol. The van der Waals surface area contributed by atoms with Gasteiger partial charge in [0.15, 0.2) is 11.5 Å². The zero-order chi connectivity index (χ0) is 40.4. The highest BCUT2D eigenvalue weighted by atomic mass is 32.2. The van der Waals surface area contributed by atoms with Crippen molar-refractivity contribution < 1.29 is 56.0 Å². The number of primary sulfonamides is 1. The molecule has 0 amide bonds. The van der Waals surface area contributed by atoms with Gasteiger partial charge in [-0.3, -0.25) is 9.69 Å². The predicted molar refractivity (Wildman–Crippen MR) is 205 cm³/mol. The Morgan fingerprint density at radius 1 is 0.945 bits per heavy atom. The molecule has 3 N–H and O–H groups in total. The average Bonchev–Trinajstić information content (AvgIpc) is 3.57. The monoisotopic (exact) mass is 789 g/mol. The van der Waals surface area contributed by atoms with E-state index in [1.807, 2.05) is 25.8 Å². The molecular formula is C39H55N3O12S. The first-order valence-electron chi connectivity index (χ1n) is 18.2. The van der Waals surface area contributed by atoms with Crippen molar-refractivity contribution in [2.75, 3.05) is 61.5 Å².